The van der Waals surface area contributed by atoms with Crippen molar-refractivity contribution in [1.29, 1.82) is 0 Å². The lowest BCUT2D eigenvalue weighted by Gasteiger charge is -2.09. The van der Waals surface area contributed by atoms with Crippen LogP contribution in [0.4, 0.5) is 5.69 Å². The highest BCUT2D eigenvalue weighted by Crippen LogP contribution is 2.18. The highest BCUT2D eigenvalue weighted by molar-refractivity contribution is 9.10. The van der Waals surface area contributed by atoms with Crippen LogP contribution in [0.15, 0.2) is 59.5 Å². The molecule has 138 valence electrons. The molecule has 27 heavy (non-hydrogen) atoms. The van der Waals surface area contributed by atoms with Crippen LogP contribution < -0.4 is 10.6 Å². The van der Waals surface area contributed by atoms with E-state index in [0.29, 0.717) is 10.2 Å². The average molecular weight is 449 g/mol. The summed E-state index contributed by atoms with van der Waals surface area (Å²) in [5.41, 5.74) is 1.76. The van der Waals surface area contributed by atoms with Crippen LogP contribution in [0.3, 0.4) is 0 Å². The SMILES string of the molecule is O=C(Cn1cccn1)Nc1cccc(CNC(=O)c2cc(Br)cnc2Cl)c1. The molecule has 0 spiro atoms. The van der Waals surface area contributed by atoms with E-state index in [1.165, 1.54) is 10.9 Å². The number of carbonyl (C=O) groups excluding carboxylic acids is 2. The number of rotatable bonds is 6. The molecule has 2 aromatic heterocycles. The lowest BCUT2D eigenvalue weighted by molar-refractivity contribution is -0.116. The van der Waals surface area contributed by atoms with E-state index >= 15 is 0 Å². The minimum atomic E-state index is -0.332. The smallest absolute Gasteiger partial charge is 0.254 e. The van der Waals surface area contributed by atoms with Crippen LogP contribution in [-0.2, 0) is 17.9 Å². The quantitative estimate of drug-likeness (QED) is 0.567. The van der Waals surface area contributed by atoms with Gasteiger partial charge in [0.25, 0.3) is 5.91 Å². The monoisotopic (exact) mass is 447 g/mol. The van der Waals surface area contributed by atoms with Crippen molar-refractivity contribution in [3.63, 3.8) is 0 Å². The first-order chi connectivity index (χ1) is 13.0. The molecule has 9 heteroatoms. The molecule has 2 N–H and O–H groups in total. The number of carbonyl (C=O) groups is 2. The molecule has 3 aromatic rings. The topological polar surface area (TPSA) is 88.9 Å². The molecule has 7 nitrogen and oxygen atoms in total. The van der Waals surface area contributed by atoms with Crippen molar-refractivity contribution in [3.05, 3.63) is 75.7 Å². The van der Waals surface area contributed by atoms with E-state index in [0.717, 1.165) is 5.56 Å². The summed E-state index contributed by atoms with van der Waals surface area (Å²) in [5, 5.41) is 9.73. The van der Waals surface area contributed by atoms with E-state index in [4.69, 9.17) is 11.6 Å². The molecule has 0 bridgehead atoms. The van der Waals surface area contributed by atoms with E-state index in [-0.39, 0.29) is 35.6 Å². The number of amides is 2. The van der Waals surface area contributed by atoms with Crippen LogP contribution in [0.1, 0.15) is 15.9 Å². The largest absolute Gasteiger partial charge is 0.348 e. The third-order valence-corrected chi connectivity index (χ3v) is 4.31. The Labute approximate surface area is 168 Å². The number of aromatic nitrogens is 3. The van der Waals surface area contributed by atoms with Gasteiger partial charge in [0.1, 0.15) is 11.7 Å². The normalized spacial score (nSPS) is 10.4. The maximum Gasteiger partial charge on any atom is 0.254 e. The van der Waals surface area contributed by atoms with E-state index < -0.39 is 0 Å². The minimum Gasteiger partial charge on any atom is -0.348 e. The zero-order valence-electron chi connectivity index (χ0n) is 14.0. The third-order valence-electron chi connectivity index (χ3n) is 3.58. The summed E-state index contributed by atoms with van der Waals surface area (Å²) in [4.78, 5) is 28.3. The van der Waals surface area contributed by atoms with Gasteiger partial charge in [-0.1, -0.05) is 23.7 Å². The predicted molar refractivity (Wildman–Crippen MR) is 105 cm³/mol. The summed E-state index contributed by atoms with van der Waals surface area (Å²) in [6.45, 7) is 0.410. The summed E-state index contributed by atoms with van der Waals surface area (Å²) in [5.74, 6) is -0.520. The van der Waals surface area contributed by atoms with Crippen LogP contribution in [0.2, 0.25) is 5.15 Å². The third kappa shape index (κ3) is 5.38. The Morgan fingerprint density at radius 2 is 2.07 bits per heavy atom. The van der Waals surface area contributed by atoms with E-state index in [2.05, 4.69) is 36.6 Å². The Kier molecular flexibility index (Phi) is 6.20. The molecule has 0 aliphatic carbocycles. The molecule has 0 unspecified atom stereocenters. The summed E-state index contributed by atoms with van der Waals surface area (Å²) in [7, 11) is 0. The fraction of sp³-hybridized carbons (Fsp3) is 0.111. The zero-order valence-corrected chi connectivity index (χ0v) is 16.4. The van der Waals surface area contributed by atoms with Crippen molar-refractivity contribution in [3.8, 4) is 0 Å². The van der Waals surface area contributed by atoms with Gasteiger partial charge in [0.2, 0.25) is 5.91 Å². The molecule has 0 aliphatic heterocycles. The van der Waals surface area contributed by atoms with Gasteiger partial charge in [-0.2, -0.15) is 5.10 Å². The summed E-state index contributed by atoms with van der Waals surface area (Å²) >= 11 is 9.23. The van der Waals surface area contributed by atoms with Gasteiger partial charge in [0.05, 0.1) is 5.56 Å². The molecular formula is C18H15BrClN5O2. The average Bonchev–Trinajstić information content (AvgIpc) is 3.15. The lowest BCUT2D eigenvalue weighted by Crippen LogP contribution is -2.23. The maximum atomic E-state index is 12.3. The summed E-state index contributed by atoms with van der Waals surface area (Å²) < 4.78 is 2.20. The fourth-order valence-corrected chi connectivity index (χ4v) is 2.88. The predicted octanol–water partition coefficient (Wildman–Crippen LogP) is 3.26. The summed E-state index contributed by atoms with van der Waals surface area (Å²) in [6.07, 6.45) is 4.85. The number of hydrogen-bond donors (Lipinski definition) is 2. The van der Waals surface area contributed by atoms with Crippen LogP contribution >= 0.6 is 27.5 Å². The van der Waals surface area contributed by atoms with Gasteiger partial charge in [-0.3, -0.25) is 14.3 Å². The molecule has 0 saturated carbocycles. The molecular weight excluding hydrogens is 434 g/mol. The van der Waals surface area contributed by atoms with Crippen molar-refractivity contribution >= 4 is 45.0 Å². The lowest BCUT2D eigenvalue weighted by atomic mass is 10.2. The Morgan fingerprint density at radius 3 is 2.85 bits per heavy atom. The van der Waals surface area contributed by atoms with Gasteiger partial charge < -0.3 is 10.6 Å². The summed E-state index contributed by atoms with van der Waals surface area (Å²) in [6, 6.07) is 10.6. The van der Waals surface area contributed by atoms with Crippen LogP contribution in [0.5, 0.6) is 0 Å². The molecule has 0 radical (unpaired) electrons. The van der Waals surface area contributed by atoms with Crippen LogP contribution in [-0.4, -0.2) is 26.6 Å². The molecule has 0 aliphatic rings. The van der Waals surface area contributed by atoms with Gasteiger partial charge in [0, 0.05) is 35.3 Å². The molecule has 1 aromatic carbocycles. The molecule has 0 saturated heterocycles. The first-order valence-corrected chi connectivity index (χ1v) is 9.14. The van der Waals surface area contributed by atoms with Crippen molar-refractivity contribution in [2.24, 2.45) is 0 Å². The molecule has 0 atom stereocenters. The number of nitrogens with zero attached hydrogens (tertiary/aromatic N) is 3. The molecule has 3 rings (SSSR count). The fourth-order valence-electron chi connectivity index (χ4n) is 2.36. The second-order valence-corrected chi connectivity index (χ2v) is 6.90. The number of pyridine rings is 1. The molecule has 2 amide bonds. The second-order valence-electron chi connectivity index (χ2n) is 5.63. The van der Waals surface area contributed by atoms with E-state index in [9.17, 15) is 9.59 Å². The molecule has 0 fully saturated rings. The van der Waals surface area contributed by atoms with Gasteiger partial charge in [-0.25, -0.2) is 4.98 Å². The Balaban J connectivity index is 1.59. The van der Waals surface area contributed by atoms with Crippen molar-refractivity contribution in [2.75, 3.05) is 5.32 Å². The van der Waals surface area contributed by atoms with Crippen molar-refractivity contribution in [1.82, 2.24) is 20.1 Å². The number of hydrogen-bond acceptors (Lipinski definition) is 4. The van der Waals surface area contributed by atoms with Crippen LogP contribution in [0, 0.1) is 0 Å². The first-order valence-electron chi connectivity index (χ1n) is 7.97. The second kappa shape index (κ2) is 8.79. The maximum absolute atomic E-state index is 12.3. The molecule has 2 heterocycles. The van der Waals surface area contributed by atoms with Gasteiger partial charge in [-0.15, -0.1) is 0 Å². The Morgan fingerprint density at radius 1 is 1.22 bits per heavy atom. The van der Waals surface area contributed by atoms with E-state index in [1.807, 2.05) is 6.07 Å². The van der Waals surface area contributed by atoms with Gasteiger partial charge in [-0.05, 0) is 45.8 Å². The Hall–Kier alpha value is -2.71. The number of benzene rings is 1. The Bertz CT molecular complexity index is 962. The number of halogens is 2. The highest BCUT2D eigenvalue weighted by atomic mass is 79.9. The standard InChI is InChI=1S/C18H15BrClN5O2/c19-13-8-15(17(20)21-10-13)18(27)22-9-12-3-1-4-14(7-12)24-16(26)11-25-6-2-5-23-25/h1-8,10H,9,11H2,(H,22,27)(H,24,26). The highest BCUT2D eigenvalue weighted by Gasteiger charge is 2.12. The van der Waals surface area contributed by atoms with Gasteiger partial charge in [0.15, 0.2) is 0 Å². The van der Waals surface area contributed by atoms with Gasteiger partial charge >= 0.3 is 0 Å². The number of anilines is 1. The van der Waals surface area contributed by atoms with Crippen LogP contribution in [0.25, 0.3) is 0 Å². The van der Waals surface area contributed by atoms with Crippen molar-refractivity contribution < 1.29 is 9.59 Å². The number of nitrogens with one attached hydrogen (secondary N) is 2. The van der Waals surface area contributed by atoms with Crippen molar-refractivity contribution in [2.45, 2.75) is 13.1 Å². The van der Waals surface area contributed by atoms with E-state index in [1.54, 1.807) is 42.7 Å². The first kappa shape index (κ1) is 19.1. The minimum absolute atomic E-state index is 0.127. The zero-order chi connectivity index (χ0) is 19.2.